The lowest BCUT2D eigenvalue weighted by molar-refractivity contribution is -0.120. The molecule has 0 atom stereocenters. The van der Waals surface area contributed by atoms with Gasteiger partial charge < -0.3 is 10.1 Å². The van der Waals surface area contributed by atoms with E-state index in [1.165, 1.54) is 0 Å². The standard InChI is InChI=1S/C19H21N5O2/c1-3-14(4-2)19(25)21-15-5-7-16(8-6-15)26-18-10-9-17(22-23-18)24-12-11-20-13-24/h5-14H,3-4H2,1-2H3,(H,21,25). The summed E-state index contributed by atoms with van der Waals surface area (Å²) in [6.45, 7) is 4.04. The van der Waals surface area contributed by atoms with Gasteiger partial charge in [-0.3, -0.25) is 9.36 Å². The summed E-state index contributed by atoms with van der Waals surface area (Å²) in [4.78, 5) is 16.1. The van der Waals surface area contributed by atoms with Gasteiger partial charge in [0.2, 0.25) is 11.8 Å². The van der Waals surface area contributed by atoms with Gasteiger partial charge in [0.05, 0.1) is 0 Å². The number of imidazole rings is 1. The first-order valence-electron chi connectivity index (χ1n) is 8.60. The molecule has 0 radical (unpaired) electrons. The van der Waals surface area contributed by atoms with Crippen LogP contribution in [0.15, 0.2) is 55.1 Å². The molecule has 0 fully saturated rings. The van der Waals surface area contributed by atoms with Crippen molar-refractivity contribution in [3.8, 4) is 17.4 Å². The molecule has 1 aromatic carbocycles. The van der Waals surface area contributed by atoms with E-state index in [4.69, 9.17) is 4.74 Å². The van der Waals surface area contributed by atoms with E-state index in [9.17, 15) is 4.79 Å². The topological polar surface area (TPSA) is 81.9 Å². The lowest BCUT2D eigenvalue weighted by Crippen LogP contribution is -2.21. The van der Waals surface area contributed by atoms with E-state index in [0.717, 1.165) is 18.5 Å². The van der Waals surface area contributed by atoms with Crippen LogP contribution in [-0.2, 0) is 4.79 Å². The van der Waals surface area contributed by atoms with Gasteiger partial charge in [0.15, 0.2) is 5.82 Å². The number of aromatic nitrogens is 4. The minimum absolute atomic E-state index is 0.0372. The highest BCUT2D eigenvalue weighted by Crippen LogP contribution is 2.22. The third kappa shape index (κ3) is 4.24. The van der Waals surface area contributed by atoms with Crippen molar-refractivity contribution in [3.05, 3.63) is 55.1 Å². The lowest BCUT2D eigenvalue weighted by atomic mass is 10.0. The molecule has 1 amide bonds. The largest absolute Gasteiger partial charge is 0.438 e. The molecule has 0 unspecified atom stereocenters. The quantitative estimate of drug-likeness (QED) is 0.699. The van der Waals surface area contributed by atoms with E-state index in [0.29, 0.717) is 17.4 Å². The Labute approximate surface area is 152 Å². The van der Waals surface area contributed by atoms with Crippen LogP contribution in [0.1, 0.15) is 26.7 Å². The predicted molar refractivity (Wildman–Crippen MR) is 98.4 cm³/mol. The van der Waals surface area contributed by atoms with Crippen molar-refractivity contribution in [2.24, 2.45) is 5.92 Å². The number of amides is 1. The maximum absolute atomic E-state index is 12.1. The Morgan fingerprint density at radius 2 is 1.88 bits per heavy atom. The summed E-state index contributed by atoms with van der Waals surface area (Å²) in [7, 11) is 0. The summed E-state index contributed by atoms with van der Waals surface area (Å²) in [6, 6.07) is 10.7. The fraction of sp³-hybridized carbons (Fsp3) is 0.263. The number of rotatable bonds is 7. The zero-order chi connectivity index (χ0) is 18.4. The number of carbonyl (C=O) groups excluding carboxylic acids is 1. The summed E-state index contributed by atoms with van der Waals surface area (Å²) in [5, 5.41) is 11.1. The summed E-state index contributed by atoms with van der Waals surface area (Å²) in [5.41, 5.74) is 0.746. The van der Waals surface area contributed by atoms with Crippen LogP contribution in [-0.4, -0.2) is 25.7 Å². The van der Waals surface area contributed by atoms with E-state index < -0.39 is 0 Å². The second-order valence-corrected chi connectivity index (χ2v) is 5.83. The van der Waals surface area contributed by atoms with Crippen molar-refractivity contribution < 1.29 is 9.53 Å². The molecule has 0 spiro atoms. The highest BCUT2D eigenvalue weighted by Gasteiger charge is 2.14. The Bertz CT molecular complexity index is 825. The normalized spacial score (nSPS) is 10.7. The van der Waals surface area contributed by atoms with Gasteiger partial charge >= 0.3 is 0 Å². The first kappa shape index (κ1) is 17.6. The molecule has 0 aliphatic rings. The van der Waals surface area contributed by atoms with E-state index in [1.54, 1.807) is 47.6 Å². The highest BCUT2D eigenvalue weighted by molar-refractivity contribution is 5.92. The molecule has 7 heteroatoms. The van der Waals surface area contributed by atoms with Crippen LogP contribution < -0.4 is 10.1 Å². The van der Waals surface area contributed by atoms with Crippen LogP contribution in [0.25, 0.3) is 5.82 Å². The second kappa shape index (κ2) is 8.24. The summed E-state index contributed by atoms with van der Waals surface area (Å²) < 4.78 is 7.45. The van der Waals surface area contributed by atoms with Crippen LogP contribution in [0.2, 0.25) is 0 Å². The first-order valence-corrected chi connectivity index (χ1v) is 8.60. The van der Waals surface area contributed by atoms with E-state index in [-0.39, 0.29) is 11.8 Å². The molecule has 3 aromatic rings. The van der Waals surface area contributed by atoms with Crippen LogP contribution in [0.5, 0.6) is 11.6 Å². The smallest absolute Gasteiger partial charge is 0.238 e. The van der Waals surface area contributed by atoms with Gasteiger partial charge in [-0.1, -0.05) is 13.8 Å². The number of hydrogen-bond donors (Lipinski definition) is 1. The molecule has 0 saturated heterocycles. The van der Waals surface area contributed by atoms with Crippen molar-refractivity contribution in [1.29, 1.82) is 0 Å². The molecule has 26 heavy (non-hydrogen) atoms. The van der Waals surface area contributed by atoms with Crippen molar-refractivity contribution in [2.45, 2.75) is 26.7 Å². The monoisotopic (exact) mass is 351 g/mol. The number of ether oxygens (including phenoxy) is 1. The molecular weight excluding hydrogens is 330 g/mol. The SMILES string of the molecule is CCC(CC)C(=O)Nc1ccc(Oc2ccc(-n3ccnc3)nn2)cc1. The Kier molecular flexibility index (Phi) is 5.58. The fourth-order valence-electron chi connectivity index (χ4n) is 2.53. The maximum Gasteiger partial charge on any atom is 0.238 e. The molecule has 1 N–H and O–H groups in total. The molecule has 2 heterocycles. The summed E-state index contributed by atoms with van der Waals surface area (Å²) >= 11 is 0. The van der Waals surface area contributed by atoms with Gasteiger partial charge in [-0.05, 0) is 43.2 Å². The van der Waals surface area contributed by atoms with Crippen LogP contribution in [0.3, 0.4) is 0 Å². The van der Waals surface area contributed by atoms with Gasteiger partial charge in [0, 0.05) is 30.1 Å². The third-order valence-electron chi connectivity index (χ3n) is 4.10. The molecule has 2 aromatic heterocycles. The Hall–Kier alpha value is -3.22. The highest BCUT2D eigenvalue weighted by atomic mass is 16.5. The average molecular weight is 351 g/mol. The molecule has 0 aliphatic heterocycles. The average Bonchev–Trinajstić information content (AvgIpc) is 3.20. The van der Waals surface area contributed by atoms with E-state index in [1.807, 2.05) is 26.0 Å². The van der Waals surface area contributed by atoms with Gasteiger partial charge in [-0.2, -0.15) is 0 Å². The van der Waals surface area contributed by atoms with Crippen molar-refractivity contribution in [2.75, 3.05) is 5.32 Å². The zero-order valence-electron chi connectivity index (χ0n) is 14.8. The molecule has 0 bridgehead atoms. The first-order chi connectivity index (χ1) is 12.7. The van der Waals surface area contributed by atoms with Crippen molar-refractivity contribution >= 4 is 11.6 Å². The van der Waals surface area contributed by atoms with E-state index >= 15 is 0 Å². The molecular formula is C19H21N5O2. The number of nitrogens with one attached hydrogen (secondary N) is 1. The number of nitrogens with zero attached hydrogens (tertiary/aromatic N) is 4. The van der Waals surface area contributed by atoms with Gasteiger partial charge in [0.1, 0.15) is 12.1 Å². The second-order valence-electron chi connectivity index (χ2n) is 5.83. The maximum atomic E-state index is 12.1. The minimum Gasteiger partial charge on any atom is -0.438 e. The zero-order valence-corrected chi connectivity index (χ0v) is 14.8. The van der Waals surface area contributed by atoms with Crippen molar-refractivity contribution in [1.82, 2.24) is 19.7 Å². The van der Waals surface area contributed by atoms with Crippen LogP contribution in [0, 0.1) is 5.92 Å². The van der Waals surface area contributed by atoms with Gasteiger partial charge in [0.25, 0.3) is 0 Å². The summed E-state index contributed by atoms with van der Waals surface area (Å²) in [5.74, 6) is 1.76. The Balaban J connectivity index is 1.61. The van der Waals surface area contributed by atoms with E-state index in [2.05, 4.69) is 20.5 Å². The molecule has 3 rings (SSSR count). The Morgan fingerprint density at radius 1 is 1.12 bits per heavy atom. The van der Waals surface area contributed by atoms with Gasteiger partial charge in [-0.25, -0.2) is 4.98 Å². The number of anilines is 1. The Morgan fingerprint density at radius 3 is 2.46 bits per heavy atom. The number of hydrogen-bond acceptors (Lipinski definition) is 5. The molecule has 0 saturated carbocycles. The molecule has 0 aliphatic carbocycles. The lowest BCUT2D eigenvalue weighted by Gasteiger charge is -2.13. The molecule has 7 nitrogen and oxygen atoms in total. The predicted octanol–water partition coefficient (Wildman–Crippen LogP) is 3.83. The fourth-order valence-corrected chi connectivity index (χ4v) is 2.53. The van der Waals surface area contributed by atoms with Crippen molar-refractivity contribution in [3.63, 3.8) is 0 Å². The third-order valence-corrected chi connectivity index (χ3v) is 4.10. The minimum atomic E-state index is 0.0372. The molecule has 134 valence electrons. The number of carbonyl (C=O) groups is 1. The van der Waals surface area contributed by atoms with Crippen LogP contribution in [0.4, 0.5) is 5.69 Å². The summed E-state index contributed by atoms with van der Waals surface area (Å²) in [6.07, 6.45) is 6.78. The number of benzene rings is 1. The van der Waals surface area contributed by atoms with Crippen LogP contribution >= 0.6 is 0 Å². The van der Waals surface area contributed by atoms with Gasteiger partial charge in [-0.15, -0.1) is 10.2 Å².